The molecular formula is C102H60N4S4. The molecule has 0 spiro atoms. The highest BCUT2D eigenvalue weighted by atomic mass is 32.1. The lowest BCUT2D eigenvalue weighted by atomic mass is 9.91. The summed E-state index contributed by atoms with van der Waals surface area (Å²) < 4.78 is 10.2. The first-order valence-electron chi connectivity index (χ1n) is 37.0. The molecule has 0 bridgehead atoms. The number of hydrogen-bond acceptors (Lipinski definition) is 8. The molecule has 512 valence electrons. The van der Waals surface area contributed by atoms with E-state index in [9.17, 15) is 0 Å². The van der Waals surface area contributed by atoms with Crippen molar-refractivity contribution >= 4 is 137 Å². The number of aromatic nitrogens is 4. The van der Waals surface area contributed by atoms with Crippen LogP contribution >= 0.6 is 45.3 Å². The molecule has 8 heteroatoms. The van der Waals surface area contributed by atoms with E-state index in [1.54, 1.807) is 0 Å². The fourth-order valence-electron chi connectivity index (χ4n) is 16.3. The Bertz CT molecular complexity index is 7320. The zero-order valence-electron chi connectivity index (χ0n) is 59.1. The lowest BCUT2D eigenvalue weighted by Crippen LogP contribution is -1.97. The minimum Gasteiger partial charge on any atom is -0.228 e. The van der Waals surface area contributed by atoms with Crippen molar-refractivity contribution in [2.24, 2.45) is 0 Å². The van der Waals surface area contributed by atoms with Gasteiger partial charge >= 0.3 is 0 Å². The summed E-state index contributed by atoms with van der Waals surface area (Å²) in [5, 5.41) is 12.5. The molecular weight excluding hydrogens is 1410 g/mol. The quantitative estimate of drug-likeness (QED) is 0.122. The summed E-state index contributed by atoms with van der Waals surface area (Å²) in [6, 6.07) is 133. The first kappa shape index (κ1) is 64.0. The molecule has 4 nitrogen and oxygen atoms in total. The van der Waals surface area contributed by atoms with Gasteiger partial charge in [0, 0.05) is 114 Å². The molecule has 0 atom stereocenters. The number of benzene rings is 16. The van der Waals surface area contributed by atoms with Gasteiger partial charge in [0.2, 0.25) is 0 Å². The van der Waals surface area contributed by atoms with Crippen molar-refractivity contribution in [3.05, 3.63) is 364 Å². The molecule has 16 aromatic carbocycles. The molecule has 0 aliphatic rings. The van der Waals surface area contributed by atoms with Crippen LogP contribution in [0.4, 0.5) is 0 Å². The Morgan fingerprint density at radius 3 is 1.05 bits per heavy atom. The van der Waals surface area contributed by atoms with Gasteiger partial charge in [0.25, 0.3) is 0 Å². The highest BCUT2D eigenvalue weighted by molar-refractivity contribution is 7.27. The molecule has 22 aromatic rings. The summed E-state index contributed by atoms with van der Waals surface area (Å²) in [5.74, 6) is 1.36. The van der Waals surface area contributed by atoms with Crippen LogP contribution in [0.5, 0.6) is 0 Å². The van der Waals surface area contributed by atoms with Crippen LogP contribution in [0.1, 0.15) is 0 Å². The Kier molecular flexibility index (Phi) is 15.3. The first-order chi connectivity index (χ1) is 54.4. The van der Waals surface area contributed by atoms with E-state index in [0.717, 1.165) is 95.1 Å². The topological polar surface area (TPSA) is 51.6 Å². The summed E-state index contributed by atoms with van der Waals surface area (Å²) in [6.07, 6.45) is 0. The highest BCUT2D eigenvalue weighted by Crippen LogP contribution is 2.49. The predicted molar refractivity (Wildman–Crippen MR) is 472 cm³/mol. The van der Waals surface area contributed by atoms with Crippen molar-refractivity contribution in [2.75, 3.05) is 0 Å². The summed E-state index contributed by atoms with van der Waals surface area (Å²) in [4.78, 5) is 21.6. The Morgan fingerprint density at radius 2 is 0.518 bits per heavy atom. The van der Waals surface area contributed by atoms with Crippen LogP contribution in [-0.2, 0) is 0 Å². The third-order valence-electron chi connectivity index (χ3n) is 21.7. The normalized spacial score (nSPS) is 11.8. The van der Waals surface area contributed by atoms with E-state index in [-0.39, 0.29) is 0 Å². The van der Waals surface area contributed by atoms with Crippen LogP contribution in [0.15, 0.2) is 364 Å². The lowest BCUT2D eigenvalue weighted by Gasteiger charge is -2.15. The molecule has 110 heavy (non-hydrogen) atoms. The number of fused-ring (bicyclic) bond motifs is 13. The van der Waals surface area contributed by atoms with Crippen LogP contribution < -0.4 is 0 Å². The van der Waals surface area contributed by atoms with E-state index in [4.69, 9.17) is 19.9 Å². The van der Waals surface area contributed by atoms with E-state index in [0.29, 0.717) is 11.6 Å². The summed E-state index contributed by atoms with van der Waals surface area (Å²) >= 11 is 7.44. The van der Waals surface area contributed by atoms with E-state index < -0.39 is 0 Å². The third-order valence-corrected chi connectivity index (χ3v) is 26.4. The average Bonchev–Trinajstić information content (AvgIpc) is 1.42. The second-order valence-electron chi connectivity index (χ2n) is 28.3. The van der Waals surface area contributed by atoms with Crippen LogP contribution in [0.25, 0.3) is 226 Å². The summed E-state index contributed by atoms with van der Waals surface area (Å²) in [5.41, 5.74) is 23.4. The summed E-state index contributed by atoms with van der Waals surface area (Å²) in [7, 11) is 0. The SMILES string of the molecule is c1ccc(-c2nc(-c3ccc(-c4ccc(-c5ccc6c(c5)sc5cccc(-c7cc(-c8cc(-c9ccc%10ccccc%10c9)nc(-c9ccccc9)n8)cc(-c8cccc9sc%10ccccc%10c89)c7)c56)cc4)cc3)cc(-c3cc(-c4cccc5c4sc4ccccc45)cc(-c4cccc5c4sc4ccccc45)c3)n2)cc1. The third kappa shape index (κ3) is 11.2. The molecule has 0 radical (unpaired) electrons. The van der Waals surface area contributed by atoms with Gasteiger partial charge in [-0.3, -0.25) is 0 Å². The largest absolute Gasteiger partial charge is 0.228 e. The minimum atomic E-state index is 0.679. The van der Waals surface area contributed by atoms with Crippen molar-refractivity contribution in [3.8, 4) is 135 Å². The molecule has 0 saturated carbocycles. The van der Waals surface area contributed by atoms with Crippen LogP contribution in [0.2, 0.25) is 0 Å². The van der Waals surface area contributed by atoms with Gasteiger partial charge in [-0.25, -0.2) is 19.9 Å². The van der Waals surface area contributed by atoms with E-state index in [1.165, 1.54) is 119 Å². The second kappa shape index (κ2) is 26.3. The molecule has 0 amide bonds. The maximum atomic E-state index is 5.46. The zero-order chi connectivity index (χ0) is 72.3. The summed E-state index contributed by atoms with van der Waals surface area (Å²) in [6.45, 7) is 0. The van der Waals surface area contributed by atoms with Gasteiger partial charge in [0.15, 0.2) is 11.6 Å². The van der Waals surface area contributed by atoms with E-state index in [2.05, 4.69) is 352 Å². The fourth-order valence-corrected chi connectivity index (χ4v) is 21.1. The number of thiophene rings is 4. The Labute approximate surface area is 650 Å². The molecule has 0 unspecified atom stereocenters. The molecule has 6 heterocycles. The maximum absolute atomic E-state index is 5.46. The van der Waals surface area contributed by atoms with Crippen molar-refractivity contribution in [1.29, 1.82) is 0 Å². The first-order valence-corrected chi connectivity index (χ1v) is 40.3. The second-order valence-corrected chi connectivity index (χ2v) is 32.6. The monoisotopic (exact) mass is 1470 g/mol. The maximum Gasteiger partial charge on any atom is 0.160 e. The van der Waals surface area contributed by atoms with E-state index >= 15 is 0 Å². The minimum absolute atomic E-state index is 0.679. The van der Waals surface area contributed by atoms with Gasteiger partial charge in [-0.05, 0) is 169 Å². The van der Waals surface area contributed by atoms with Gasteiger partial charge in [0.1, 0.15) is 0 Å². The number of rotatable bonds is 12. The Morgan fingerprint density at radius 1 is 0.164 bits per heavy atom. The van der Waals surface area contributed by atoms with Crippen molar-refractivity contribution < 1.29 is 0 Å². The molecule has 0 aliphatic heterocycles. The molecule has 0 aliphatic carbocycles. The fraction of sp³-hybridized carbons (Fsp3) is 0. The van der Waals surface area contributed by atoms with Gasteiger partial charge < -0.3 is 0 Å². The highest BCUT2D eigenvalue weighted by Gasteiger charge is 2.23. The number of hydrogen-bond donors (Lipinski definition) is 0. The van der Waals surface area contributed by atoms with Gasteiger partial charge in [-0.15, -0.1) is 45.3 Å². The lowest BCUT2D eigenvalue weighted by molar-refractivity contribution is 1.18. The van der Waals surface area contributed by atoms with Crippen LogP contribution in [0, 0.1) is 0 Å². The predicted octanol–water partition coefficient (Wildman–Crippen LogP) is 29.9. The average molecular weight is 1470 g/mol. The van der Waals surface area contributed by atoms with Gasteiger partial charge in [-0.1, -0.05) is 273 Å². The van der Waals surface area contributed by atoms with Gasteiger partial charge in [-0.2, -0.15) is 0 Å². The number of nitrogens with zero attached hydrogens (tertiary/aromatic N) is 4. The van der Waals surface area contributed by atoms with Crippen molar-refractivity contribution in [2.45, 2.75) is 0 Å². The standard InChI is InChI=1S/C102H60N4S4/c1-3-20-66(21-4-1)101-103-87(59-89(105-101)76-56-73(79-30-15-32-83-81-25-9-12-34-91(81)109-99(79)83)53-74(57-76)80-31-16-33-84-82-26-10-13-35-92(82)110-100(80)84)65-46-43-63(44-47-65)62-39-41-64(42-40-62)69-49-50-86-96(58-69)108-95-38-18-29-78(98(86)95)72-52-71(77-28-17-37-94-97(77)85-27-11-14-36-93(85)107-94)54-75(55-72)90-60-88(104-102(106-90)67-22-5-2-6-23-67)70-48-45-61-19-7-8-24-68(61)51-70/h1-60H. The van der Waals surface area contributed by atoms with Gasteiger partial charge in [0.05, 0.1) is 22.8 Å². The zero-order valence-corrected chi connectivity index (χ0v) is 62.3. The van der Waals surface area contributed by atoms with Crippen molar-refractivity contribution in [3.63, 3.8) is 0 Å². The Balaban J connectivity index is 0.614. The Hall–Kier alpha value is -13.2. The van der Waals surface area contributed by atoms with E-state index in [1.807, 2.05) is 57.5 Å². The molecule has 22 rings (SSSR count). The van der Waals surface area contributed by atoms with Crippen LogP contribution in [0.3, 0.4) is 0 Å². The van der Waals surface area contributed by atoms with Crippen molar-refractivity contribution in [1.82, 2.24) is 19.9 Å². The van der Waals surface area contributed by atoms with Crippen LogP contribution in [-0.4, -0.2) is 19.9 Å². The smallest absolute Gasteiger partial charge is 0.160 e. The molecule has 0 saturated heterocycles. The molecule has 0 N–H and O–H groups in total. The molecule has 0 fully saturated rings. The molecule has 6 aromatic heterocycles.